The van der Waals surface area contributed by atoms with E-state index in [9.17, 15) is 13.2 Å². The summed E-state index contributed by atoms with van der Waals surface area (Å²) in [5.74, 6) is -0.392. The van der Waals surface area contributed by atoms with E-state index in [1.54, 1.807) is 0 Å². The first-order valence-electron chi connectivity index (χ1n) is 5.86. The van der Waals surface area contributed by atoms with Crippen molar-refractivity contribution in [1.82, 2.24) is 5.32 Å². The largest absolute Gasteiger partial charge is 0.379 e. The summed E-state index contributed by atoms with van der Waals surface area (Å²) in [6.45, 7) is 2.87. The molecule has 0 radical (unpaired) electrons. The van der Waals surface area contributed by atoms with Gasteiger partial charge in [0.2, 0.25) is 0 Å². The molecule has 1 aliphatic rings. The standard InChI is InChI=1S/C12H13Cl2NO4S/c1-12(4-5-19-7-12)15-11(16)8-2-3-9(13)10(6-8)20(14,17)18/h2-3,6H,4-5,7H2,1H3,(H,15,16). The number of amides is 1. The van der Waals surface area contributed by atoms with Crippen molar-refractivity contribution in [3.8, 4) is 0 Å². The zero-order chi connectivity index (χ0) is 15.0. The number of carbonyl (C=O) groups excluding carboxylic acids is 1. The van der Waals surface area contributed by atoms with Gasteiger partial charge in [-0.2, -0.15) is 0 Å². The Balaban J connectivity index is 2.27. The Kier molecular flexibility index (Phi) is 4.30. The topological polar surface area (TPSA) is 72.5 Å². The van der Waals surface area contributed by atoms with E-state index in [2.05, 4.69) is 5.32 Å². The third-order valence-corrected chi connectivity index (χ3v) is 4.89. The molecule has 1 amide bonds. The Hall–Kier alpha value is -0.820. The predicted molar refractivity (Wildman–Crippen MR) is 75.8 cm³/mol. The minimum Gasteiger partial charge on any atom is -0.379 e. The average molecular weight is 338 g/mol. The van der Waals surface area contributed by atoms with E-state index in [1.807, 2.05) is 6.92 Å². The van der Waals surface area contributed by atoms with Crippen LogP contribution in [0.25, 0.3) is 0 Å². The Labute approximate surface area is 126 Å². The van der Waals surface area contributed by atoms with Gasteiger partial charge in [0.25, 0.3) is 15.0 Å². The molecule has 1 aromatic carbocycles. The van der Waals surface area contributed by atoms with Crippen molar-refractivity contribution < 1.29 is 17.9 Å². The molecule has 8 heteroatoms. The van der Waals surface area contributed by atoms with Gasteiger partial charge in [0.15, 0.2) is 0 Å². The summed E-state index contributed by atoms with van der Waals surface area (Å²) in [6, 6.07) is 3.95. The number of halogens is 2. The molecule has 0 bridgehead atoms. The number of hydrogen-bond acceptors (Lipinski definition) is 4. The maximum absolute atomic E-state index is 12.1. The average Bonchev–Trinajstić information content (AvgIpc) is 2.74. The molecule has 5 nitrogen and oxygen atoms in total. The molecule has 0 saturated carbocycles. The van der Waals surface area contributed by atoms with Gasteiger partial charge < -0.3 is 10.1 Å². The zero-order valence-electron chi connectivity index (χ0n) is 10.7. The molecule has 0 aromatic heterocycles. The van der Waals surface area contributed by atoms with Crippen molar-refractivity contribution in [3.63, 3.8) is 0 Å². The molecule has 0 aliphatic carbocycles. The van der Waals surface area contributed by atoms with Gasteiger partial charge >= 0.3 is 0 Å². The summed E-state index contributed by atoms with van der Waals surface area (Å²) in [7, 11) is 1.28. The van der Waals surface area contributed by atoms with Gasteiger partial charge in [0.05, 0.1) is 17.2 Å². The van der Waals surface area contributed by atoms with Crippen LogP contribution in [0.3, 0.4) is 0 Å². The van der Waals surface area contributed by atoms with Gasteiger partial charge in [-0.05, 0) is 31.5 Å². The summed E-state index contributed by atoms with van der Waals surface area (Å²) in [4.78, 5) is 11.9. The second-order valence-electron chi connectivity index (χ2n) is 4.90. The third kappa shape index (κ3) is 3.44. The number of hydrogen-bond donors (Lipinski definition) is 1. The lowest BCUT2D eigenvalue weighted by molar-refractivity contribution is 0.0889. The first kappa shape index (κ1) is 15.6. The second-order valence-corrected chi connectivity index (χ2v) is 7.84. The number of carbonyl (C=O) groups is 1. The lowest BCUT2D eigenvalue weighted by Crippen LogP contribution is -2.46. The zero-order valence-corrected chi connectivity index (χ0v) is 13.0. The van der Waals surface area contributed by atoms with Crippen LogP contribution < -0.4 is 5.32 Å². The van der Waals surface area contributed by atoms with Crippen LogP contribution >= 0.6 is 22.3 Å². The SMILES string of the molecule is CC1(NC(=O)c2ccc(Cl)c(S(=O)(=O)Cl)c2)CCOC1. The van der Waals surface area contributed by atoms with Crippen LogP contribution in [-0.2, 0) is 13.8 Å². The maximum atomic E-state index is 12.1. The van der Waals surface area contributed by atoms with Gasteiger partial charge in [0.1, 0.15) is 4.90 Å². The van der Waals surface area contributed by atoms with Crippen molar-refractivity contribution in [1.29, 1.82) is 0 Å². The monoisotopic (exact) mass is 337 g/mol. The molecule has 1 fully saturated rings. The van der Waals surface area contributed by atoms with E-state index >= 15 is 0 Å². The highest BCUT2D eigenvalue weighted by molar-refractivity contribution is 8.13. The second kappa shape index (κ2) is 5.52. The molecule has 2 rings (SSSR count). The van der Waals surface area contributed by atoms with E-state index in [-0.39, 0.29) is 15.5 Å². The van der Waals surface area contributed by atoms with E-state index < -0.39 is 20.5 Å². The Morgan fingerprint density at radius 3 is 2.70 bits per heavy atom. The predicted octanol–water partition coefficient (Wildman–Crippen LogP) is 2.18. The fraction of sp³-hybridized carbons (Fsp3) is 0.417. The Morgan fingerprint density at radius 2 is 2.15 bits per heavy atom. The number of nitrogens with one attached hydrogen (secondary N) is 1. The highest BCUT2D eigenvalue weighted by Gasteiger charge is 2.31. The fourth-order valence-electron chi connectivity index (χ4n) is 1.94. The van der Waals surface area contributed by atoms with Crippen molar-refractivity contribution >= 4 is 37.2 Å². The number of rotatable bonds is 3. The molecule has 1 aromatic rings. The van der Waals surface area contributed by atoms with Gasteiger partial charge in [-0.1, -0.05) is 11.6 Å². The summed E-state index contributed by atoms with van der Waals surface area (Å²) in [5, 5.41) is 2.80. The molecule has 110 valence electrons. The molecule has 1 unspecified atom stereocenters. The van der Waals surface area contributed by atoms with Crippen LogP contribution in [-0.4, -0.2) is 33.1 Å². The summed E-state index contributed by atoms with van der Waals surface area (Å²) < 4.78 is 28.0. The van der Waals surface area contributed by atoms with Crippen molar-refractivity contribution in [2.24, 2.45) is 0 Å². The van der Waals surface area contributed by atoms with E-state index in [0.29, 0.717) is 19.6 Å². The lowest BCUT2D eigenvalue weighted by atomic mass is 10.0. The van der Waals surface area contributed by atoms with Gasteiger partial charge in [0, 0.05) is 22.9 Å². The van der Waals surface area contributed by atoms with Crippen LogP contribution in [0.2, 0.25) is 5.02 Å². The van der Waals surface area contributed by atoms with Crippen LogP contribution in [0.15, 0.2) is 23.1 Å². The molecule has 1 atom stereocenters. The van der Waals surface area contributed by atoms with E-state index in [4.69, 9.17) is 27.0 Å². The molecule has 20 heavy (non-hydrogen) atoms. The first-order valence-corrected chi connectivity index (χ1v) is 8.54. The smallest absolute Gasteiger partial charge is 0.262 e. The highest BCUT2D eigenvalue weighted by Crippen LogP contribution is 2.26. The quantitative estimate of drug-likeness (QED) is 0.858. The molecule has 0 spiro atoms. The fourth-order valence-corrected chi connectivity index (χ4v) is 3.44. The molecular weight excluding hydrogens is 325 g/mol. The minimum atomic E-state index is -4.00. The molecule has 1 aliphatic heterocycles. The summed E-state index contributed by atoms with van der Waals surface area (Å²) in [5.41, 5.74) is -0.266. The van der Waals surface area contributed by atoms with Gasteiger partial charge in [-0.25, -0.2) is 8.42 Å². The van der Waals surface area contributed by atoms with Gasteiger partial charge in [-0.15, -0.1) is 0 Å². The van der Waals surface area contributed by atoms with Crippen LogP contribution in [0.1, 0.15) is 23.7 Å². The number of ether oxygens (including phenoxy) is 1. The molecule has 1 saturated heterocycles. The first-order chi connectivity index (χ1) is 9.21. The highest BCUT2D eigenvalue weighted by atomic mass is 35.7. The van der Waals surface area contributed by atoms with E-state index in [0.717, 1.165) is 0 Å². The van der Waals surface area contributed by atoms with Crippen molar-refractivity contribution in [2.45, 2.75) is 23.8 Å². The Bertz CT molecular complexity index is 639. The van der Waals surface area contributed by atoms with Crippen LogP contribution in [0.4, 0.5) is 0 Å². The maximum Gasteiger partial charge on any atom is 0.262 e. The van der Waals surface area contributed by atoms with Crippen molar-refractivity contribution in [3.05, 3.63) is 28.8 Å². The summed E-state index contributed by atoms with van der Waals surface area (Å²) in [6.07, 6.45) is 0.701. The van der Waals surface area contributed by atoms with E-state index in [1.165, 1.54) is 18.2 Å². The number of benzene rings is 1. The third-order valence-electron chi connectivity index (χ3n) is 3.09. The minimum absolute atomic E-state index is 0.0213. The Morgan fingerprint density at radius 1 is 1.45 bits per heavy atom. The normalized spacial score (nSPS) is 22.8. The lowest BCUT2D eigenvalue weighted by Gasteiger charge is -2.23. The van der Waals surface area contributed by atoms with Crippen LogP contribution in [0.5, 0.6) is 0 Å². The van der Waals surface area contributed by atoms with Crippen molar-refractivity contribution in [2.75, 3.05) is 13.2 Å². The summed E-state index contributed by atoms with van der Waals surface area (Å²) >= 11 is 5.77. The van der Waals surface area contributed by atoms with Gasteiger partial charge in [-0.3, -0.25) is 4.79 Å². The molecule has 1 N–H and O–H groups in total. The molecular formula is C12H13Cl2NO4S. The van der Waals surface area contributed by atoms with Crippen LogP contribution in [0, 0.1) is 0 Å². The molecule has 1 heterocycles.